The lowest BCUT2D eigenvalue weighted by Crippen LogP contribution is -2.33. The van der Waals surface area contributed by atoms with Crippen LogP contribution in [0.2, 0.25) is 0 Å². The van der Waals surface area contributed by atoms with Crippen molar-refractivity contribution in [3.05, 3.63) is 42.2 Å². The van der Waals surface area contributed by atoms with E-state index in [1.54, 1.807) is 18.5 Å². The van der Waals surface area contributed by atoms with Gasteiger partial charge < -0.3 is 10.2 Å². The first-order valence-corrected chi connectivity index (χ1v) is 8.23. The summed E-state index contributed by atoms with van der Waals surface area (Å²) in [5, 5.41) is 0. The van der Waals surface area contributed by atoms with Crippen LogP contribution < -0.4 is 5.73 Å². The molecule has 0 bridgehead atoms. The van der Waals surface area contributed by atoms with E-state index >= 15 is 0 Å². The van der Waals surface area contributed by atoms with Crippen molar-refractivity contribution in [2.75, 3.05) is 25.9 Å². The number of aromatic nitrogens is 2. The summed E-state index contributed by atoms with van der Waals surface area (Å²) in [5.74, 6) is 2.38. The molecule has 2 aromatic rings. The molecule has 2 aromatic heterocycles. The Labute approximate surface area is 137 Å². The van der Waals surface area contributed by atoms with Crippen molar-refractivity contribution in [1.82, 2.24) is 19.8 Å². The van der Waals surface area contributed by atoms with Crippen LogP contribution in [0.15, 0.2) is 35.1 Å². The van der Waals surface area contributed by atoms with Gasteiger partial charge in [-0.1, -0.05) is 0 Å². The minimum Gasteiger partial charge on any atom is -0.468 e. The highest BCUT2D eigenvalue weighted by molar-refractivity contribution is 5.24. The van der Waals surface area contributed by atoms with E-state index in [-0.39, 0.29) is 0 Å². The molecule has 0 unspecified atom stereocenters. The number of nitrogens with zero attached hydrogens (tertiary/aromatic N) is 4. The minimum atomic E-state index is 0.536. The van der Waals surface area contributed by atoms with Crippen molar-refractivity contribution in [3.63, 3.8) is 0 Å². The van der Waals surface area contributed by atoms with Crippen molar-refractivity contribution in [1.29, 1.82) is 0 Å². The fourth-order valence-corrected chi connectivity index (χ4v) is 3.20. The summed E-state index contributed by atoms with van der Waals surface area (Å²) >= 11 is 0. The smallest absolute Gasteiger partial charge is 0.144 e. The quantitative estimate of drug-likeness (QED) is 0.911. The molecule has 1 saturated heterocycles. The fourth-order valence-electron chi connectivity index (χ4n) is 3.20. The molecule has 124 valence electrons. The molecule has 0 spiro atoms. The van der Waals surface area contributed by atoms with Crippen LogP contribution in [0.4, 0.5) is 5.82 Å². The van der Waals surface area contributed by atoms with Gasteiger partial charge in [-0.2, -0.15) is 0 Å². The summed E-state index contributed by atoms with van der Waals surface area (Å²) in [6, 6.07) is 6.28. The molecule has 0 amide bonds. The molecule has 2 N–H and O–H groups in total. The van der Waals surface area contributed by atoms with E-state index in [1.165, 1.54) is 12.8 Å². The van der Waals surface area contributed by atoms with Crippen molar-refractivity contribution in [2.24, 2.45) is 0 Å². The molecule has 1 atom stereocenters. The van der Waals surface area contributed by atoms with Gasteiger partial charge in [-0.15, -0.1) is 0 Å². The third kappa shape index (κ3) is 4.53. The third-order valence-corrected chi connectivity index (χ3v) is 4.49. The van der Waals surface area contributed by atoms with E-state index in [9.17, 15) is 0 Å². The first-order chi connectivity index (χ1) is 11.2. The number of anilines is 1. The maximum atomic E-state index is 5.74. The molecule has 1 aliphatic rings. The number of likely N-dealkylation sites (tertiary alicyclic amines) is 1. The van der Waals surface area contributed by atoms with Gasteiger partial charge in [0, 0.05) is 18.8 Å². The molecule has 0 saturated carbocycles. The van der Waals surface area contributed by atoms with Crippen LogP contribution in [0.25, 0.3) is 0 Å². The lowest BCUT2D eigenvalue weighted by molar-refractivity contribution is 0.199. The molecule has 0 aromatic carbocycles. The molecule has 3 heterocycles. The summed E-state index contributed by atoms with van der Waals surface area (Å²) in [6.45, 7) is 3.86. The summed E-state index contributed by atoms with van der Waals surface area (Å²) in [7, 11) is 2.15. The van der Waals surface area contributed by atoms with Gasteiger partial charge in [-0.05, 0) is 51.1 Å². The standard InChI is InChI=1S/C17H25N5O/c1-21(13-17-19-8-6-16(18)20-17)14-4-2-9-22(10-7-14)12-15-5-3-11-23-15/h3,5-6,8,11,14H,2,4,7,9-10,12-13H2,1H3,(H2,18,19,20)/t14-/m1/s1. The summed E-state index contributed by atoms with van der Waals surface area (Å²) in [4.78, 5) is 13.4. The maximum Gasteiger partial charge on any atom is 0.144 e. The predicted octanol–water partition coefficient (Wildman–Crippen LogP) is 2.14. The van der Waals surface area contributed by atoms with Gasteiger partial charge in [0.25, 0.3) is 0 Å². The van der Waals surface area contributed by atoms with Gasteiger partial charge in [0.05, 0.1) is 19.4 Å². The Kier molecular flexibility index (Phi) is 5.25. The highest BCUT2D eigenvalue weighted by atomic mass is 16.3. The van der Waals surface area contributed by atoms with Crippen LogP contribution in [0.3, 0.4) is 0 Å². The molecule has 1 fully saturated rings. The maximum absolute atomic E-state index is 5.74. The van der Waals surface area contributed by atoms with E-state index in [2.05, 4.69) is 26.8 Å². The number of hydrogen-bond donors (Lipinski definition) is 1. The lowest BCUT2D eigenvalue weighted by Gasteiger charge is -2.26. The van der Waals surface area contributed by atoms with Crippen molar-refractivity contribution in [2.45, 2.75) is 38.4 Å². The van der Waals surface area contributed by atoms with Gasteiger partial charge >= 0.3 is 0 Å². The summed E-state index contributed by atoms with van der Waals surface area (Å²) in [5.41, 5.74) is 5.74. The number of furan rings is 1. The Morgan fingerprint density at radius 1 is 1.35 bits per heavy atom. The van der Waals surface area contributed by atoms with Crippen LogP contribution >= 0.6 is 0 Å². The van der Waals surface area contributed by atoms with Crippen LogP contribution in [0.1, 0.15) is 30.8 Å². The van der Waals surface area contributed by atoms with E-state index in [0.717, 1.165) is 44.2 Å². The van der Waals surface area contributed by atoms with Crippen molar-refractivity contribution >= 4 is 5.82 Å². The van der Waals surface area contributed by atoms with Gasteiger partial charge in [0.2, 0.25) is 0 Å². The largest absolute Gasteiger partial charge is 0.468 e. The zero-order chi connectivity index (χ0) is 16.1. The van der Waals surface area contributed by atoms with Crippen LogP contribution in [0, 0.1) is 0 Å². The third-order valence-electron chi connectivity index (χ3n) is 4.49. The second kappa shape index (κ2) is 7.57. The van der Waals surface area contributed by atoms with E-state index in [1.807, 2.05) is 12.1 Å². The highest BCUT2D eigenvalue weighted by Crippen LogP contribution is 2.19. The highest BCUT2D eigenvalue weighted by Gasteiger charge is 2.21. The molecule has 0 aliphatic carbocycles. The Bertz CT molecular complexity index is 601. The number of nitrogen functional groups attached to an aromatic ring is 1. The number of nitrogens with two attached hydrogens (primary N) is 1. The number of rotatable bonds is 5. The molecule has 1 aliphatic heterocycles. The SMILES string of the molecule is CN(Cc1nccc(N)n1)[C@@H]1CCCN(Cc2ccco2)CC1. The van der Waals surface area contributed by atoms with Crippen LogP contribution in [0.5, 0.6) is 0 Å². The van der Waals surface area contributed by atoms with Gasteiger partial charge in [-0.3, -0.25) is 9.80 Å². The van der Waals surface area contributed by atoms with Gasteiger partial charge in [0.15, 0.2) is 0 Å². The van der Waals surface area contributed by atoms with E-state index in [0.29, 0.717) is 11.9 Å². The molecule has 6 heteroatoms. The first kappa shape index (κ1) is 16.0. The molecule has 6 nitrogen and oxygen atoms in total. The molecule has 23 heavy (non-hydrogen) atoms. The average Bonchev–Trinajstić information content (AvgIpc) is 2.91. The van der Waals surface area contributed by atoms with Crippen molar-refractivity contribution in [3.8, 4) is 0 Å². The summed E-state index contributed by atoms with van der Waals surface area (Å²) in [6.07, 6.45) is 7.03. The predicted molar refractivity (Wildman–Crippen MR) is 89.5 cm³/mol. The van der Waals surface area contributed by atoms with Gasteiger partial charge in [0.1, 0.15) is 17.4 Å². The lowest BCUT2D eigenvalue weighted by atomic mass is 10.1. The molecule has 3 rings (SSSR count). The Hall–Kier alpha value is -1.92. The fraction of sp³-hybridized carbons (Fsp3) is 0.529. The monoisotopic (exact) mass is 315 g/mol. The minimum absolute atomic E-state index is 0.536. The Morgan fingerprint density at radius 2 is 2.26 bits per heavy atom. The van der Waals surface area contributed by atoms with Crippen LogP contribution in [-0.4, -0.2) is 45.9 Å². The Balaban J connectivity index is 1.52. The summed E-state index contributed by atoms with van der Waals surface area (Å²) < 4.78 is 5.46. The van der Waals surface area contributed by atoms with E-state index in [4.69, 9.17) is 10.2 Å². The van der Waals surface area contributed by atoms with Crippen LogP contribution in [-0.2, 0) is 13.1 Å². The second-order valence-corrected chi connectivity index (χ2v) is 6.25. The van der Waals surface area contributed by atoms with E-state index < -0.39 is 0 Å². The number of hydrogen-bond acceptors (Lipinski definition) is 6. The normalized spacial score (nSPS) is 19.8. The first-order valence-electron chi connectivity index (χ1n) is 8.23. The molecular weight excluding hydrogens is 290 g/mol. The zero-order valence-electron chi connectivity index (χ0n) is 13.7. The van der Waals surface area contributed by atoms with Crippen molar-refractivity contribution < 1.29 is 4.42 Å². The molecule has 0 radical (unpaired) electrons. The van der Waals surface area contributed by atoms with Gasteiger partial charge in [-0.25, -0.2) is 9.97 Å². The molecular formula is C17H25N5O. The average molecular weight is 315 g/mol. The Morgan fingerprint density at radius 3 is 3.04 bits per heavy atom. The second-order valence-electron chi connectivity index (χ2n) is 6.25. The topological polar surface area (TPSA) is 71.4 Å². The zero-order valence-corrected chi connectivity index (χ0v) is 13.7.